The van der Waals surface area contributed by atoms with Crippen LogP contribution >= 0.6 is 0 Å². The molecule has 1 aromatic heterocycles. The molecule has 1 atom stereocenters. The molecule has 3 aromatic carbocycles. The molecular formula is C28H25F3N2O3. The molecule has 8 heteroatoms. The lowest BCUT2D eigenvalue weighted by Gasteiger charge is -2.15. The van der Waals surface area contributed by atoms with Crippen LogP contribution in [-0.2, 0) is 19.1 Å². The molecule has 1 amide bonds. The van der Waals surface area contributed by atoms with Crippen molar-refractivity contribution in [3.8, 4) is 0 Å². The Morgan fingerprint density at radius 2 is 1.67 bits per heavy atom. The van der Waals surface area contributed by atoms with Gasteiger partial charge < -0.3 is 15.0 Å². The molecule has 0 aliphatic carbocycles. The molecular weight excluding hydrogens is 469 g/mol. The SMILES string of the molecule is CCn1cc(C(=O)NC(C)c2ccc(C(=O)O)cc2)c2c(Cc3ccc(C(F)(F)F)cc3)cccc21. The number of aromatic nitrogens is 1. The van der Waals surface area contributed by atoms with Crippen molar-refractivity contribution >= 4 is 22.8 Å². The molecule has 0 spiro atoms. The Morgan fingerprint density at radius 1 is 1.00 bits per heavy atom. The van der Waals surface area contributed by atoms with E-state index in [0.717, 1.165) is 34.2 Å². The first-order chi connectivity index (χ1) is 17.1. The van der Waals surface area contributed by atoms with Crippen molar-refractivity contribution in [1.82, 2.24) is 9.88 Å². The van der Waals surface area contributed by atoms with E-state index in [1.54, 1.807) is 18.3 Å². The molecule has 4 aromatic rings. The number of aromatic carboxylic acids is 1. The van der Waals surface area contributed by atoms with Gasteiger partial charge in [-0.3, -0.25) is 4.79 Å². The number of carbonyl (C=O) groups is 2. The second-order valence-corrected chi connectivity index (χ2v) is 8.63. The number of benzene rings is 3. The van der Waals surface area contributed by atoms with E-state index in [0.29, 0.717) is 24.1 Å². The van der Waals surface area contributed by atoms with Crippen molar-refractivity contribution in [2.45, 2.75) is 39.0 Å². The second-order valence-electron chi connectivity index (χ2n) is 8.63. The fourth-order valence-corrected chi connectivity index (χ4v) is 4.31. The maximum atomic E-state index is 13.4. The van der Waals surface area contributed by atoms with Gasteiger partial charge in [-0.2, -0.15) is 13.2 Å². The van der Waals surface area contributed by atoms with Crippen LogP contribution in [0, 0.1) is 0 Å². The van der Waals surface area contributed by atoms with Crippen molar-refractivity contribution in [2.24, 2.45) is 0 Å². The summed E-state index contributed by atoms with van der Waals surface area (Å²) in [6.07, 6.45) is -2.24. The first kappa shape index (κ1) is 25.0. The fourth-order valence-electron chi connectivity index (χ4n) is 4.31. The van der Waals surface area contributed by atoms with Gasteiger partial charge in [-0.05, 0) is 67.3 Å². The monoisotopic (exact) mass is 494 g/mol. The number of amides is 1. The van der Waals surface area contributed by atoms with E-state index in [9.17, 15) is 22.8 Å². The molecule has 1 unspecified atom stereocenters. The van der Waals surface area contributed by atoms with Crippen LogP contribution in [0.1, 0.15) is 62.9 Å². The summed E-state index contributed by atoms with van der Waals surface area (Å²) in [7, 11) is 0. The van der Waals surface area contributed by atoms with E-state index in [2.05, 4.69) is 5.32 Å². The highest BCUT2D eigenvalue weighted by molar-refractivity contribution is 6.08. The number of carboxylic acids is 1. The molecule has 0 fully saturated rings. The van der Waals surface area contributed by atoms with E-state index >= 15 is 0 Å². The maximum absolute atomic E-state index is 13.4. The summed E-state index contributed by atoms with van der Waals surface area (Å²) in [5, 5.41) is 12.8. The second kappa shape index (κ2) is 9.89. The standard InChI is InChI=1S/C28H25F3N2O3/c1-3-33-16-23(26(34)32-17(2)19-9-11-20(12-10-19)27(35)36)25-21(5-4-6-24(25)33)15-18-7-13-22(14-8-18)28(29,30)31/h4-14,16-17H,3,15H2,1-2H3,(H,32,34)(H,35,36). The summed E-state index contributed by atoms with van der Waals surface area (Å²) in [6, 6.07) is 16.7. The molecule has 5 nitrogen and oxygen atoms in total. The Bertz CT molecular complexity index is 1410. The van der Waals surface area contributed by atoms with Crippen LogP contribution in [0.25, 0.3) is 10.9 Å². The lowest BCUT2D eigenvalue weighted by atomic mass is 9.98. The zero-order valence-electron chi connectivity index (χ0n) is 19.8. The summed E-state index contributed by atoms with van der Waals surface area (Å²) < 4.78 is 40.8. The number of carboxylic acid groups (broad SMARTS) is 1. The molecule has 0 bridgehead atoms. The van der Waals surface area contributed by atoms with Gasteiger partial charge in [0.1, 0.15) is 0 Å². The number of carbonyl (C=O) groups excluding carboxylic acids is 1. The van der Waals surface area contributed by atoms with E-state index in [1.807, 2.05) is 36.6 Å². The van der Waals surface area contributed by atoms with Gasteiger partial charge in [0, 0.05) is 23.6 Å². The predicted molar refractivity (Wildman–Crippen MR) is 131 cm³/mol. The van der Waals surface area contributed by atoms with Gasteiger partial charge >= 0.3 is 12.1 Å². The molecule has 1 heterocycles. The van der Waals surface area contributed by atoms with Gasteiger partial charge in [0.25, 0.3) is 5.91 Å². The quantitative estimate of drug-likeness (QED) is 0.310. The topological polar surface area (TPSA) is 71.3 Å². The van der Waals surface area contributed by atoms with Crippen LogP contribution in [-0.4, -0.2) is 21.6 Å². The van der Waals surface area contributed by atoms with Gasteiger partial charge in [0.2, 0.25) is 0 Å². The molecule has 36 heavy (non-hydrogen) atoms. The maximum Gasteiger partial charge on any atom is 0.416 e. The number of nitrogens with one attached hydrogen (secondary N) is 1. The number of halogens is 3. The number of fused-ring (bicyclic) bond motifs is 1. The summed E-state index contributed by atoms with van der Waals surface area (Å²) in [4.78, 5) is 24.5. The highest BCUT2D eigenvalue weighted by Gasteiger charge is 2.30. The van der Waals surface area contributed by atoms with E-state index in [-0.39, 0.29) is 17.5 Å². The molecule has 0 saturated carbocycles. The number of rotatable bonds is 7. The minimum absolute atomic E-state index is 0.163. The minimum Gasteiger partial charge on any atom is -0.478 e. The molecule has 0 radical (unpaired) electrons. The van der Waals surface area contributed by atoms with Crippen LogP contribution in [0.15, 0.2) is 72.9 Å². The van der Waals surface area contributed by atoms with Crippen LogP contribution in [0.4, 0.5) is 13.2 Å². The van der Waals surface area contributed by atoms with Gasteiger partial charge in [-0.1, -0.05) is 36.4 Å². The van der Waals surface area contributed by atoms with Crippen molar-refractivity contribution in [3.05, 3.63) is 106 Å². The molecule has 2 N–H and O–H groups in total. The van der Waals surface area contributed by atoms with Crippen LogP contribution < -0.4 is 5.32 Å². The third kappa shape index (κ3) is 5.12. The average Bonchev–Trinajstić information content (AvgIpc) is 3.24. The first-order valence-electron chi connectivity index (χ1n) is 11.5. The summed E-state index contributed by atoms with van der Waals surface area (Å²) in [6.45, 7) is 4.42. The number of nitrogens with zero attached hydrogens (tertiary/aromatic N) is 1. The minimum atomic E-state index is -4.40. The van der Waals surface area contributed by atoms with Crippen LogP contribution in [0.5, 0.6) is 0 Å². The third-order valence-electron chi connectivity index (χ3n) is 6.26. The van der Waals surface area contributed by atoms with E-state index in [1.165, 1.54) is 24.3 Å². The Labute approximate surface area is 206 Å². The number of alkyl halides is 3. The van der Waals surface area contributed by atoms with E-state index < -0.39 is 17.7 Å². The van der Waals surface area contributed by atoms with Crippen LogP contribution in [0.2, 0.25) is 0 Å². The Morgan fingerprint density at radius 3 is 2.25 bits per heavy atom. The largest absolute Gasteiger partial charge is 0.478 e. The summed E-state index contributed by atoms with van der Waals surface area (Å²) in [5.41, 5.74) is 3.11. The Hall–Kier alpha value is -4.07. The normalized spacial score (nSPS) is 12.5. The first-order valence-corrected chi connectivity index (χ1v) is 11.5. The van der Waals surface area contributed by atoms with Gasteiger partial charge in [0.05, 0.1) is 22.7 Å². The Balaban J connectivity index is 1.65. The van der Waals surface area contributed by atoms with Gasteiger partial charge in [-0.15, -0.1) is 0 Å². The number of hydrogen-bond donors (Lipinski definition) is 2. The lowest BCUT2D eigenvalue weighted by molar-refractivity contribution is -0.137. The number of aryl methyl sites for hydroxylation is 1. The third-order valence-corrected chi connectivity index (χ3v) is 6.26. The Kier molecular flexibility index (Phi) is 6.88. The zero-order valence-corrected chi connectivity index (χ0v) is 19.8. The lowest BCUT2D eigenvalue weighted by Crippen LogP contribution is -2.26. The zero-order chi connectivity index (χ0) is 26.0. The van der Waals surface area contributed by atoms with Crippen LogP contribution in [0.3, 0.4) is 0 Å². The van der Waals surface area contributed by atoms with Crippen molar-refractivity contribution in [3.63, 3.8) is 0 Å². The predicted octanol–water partition coefficient (Wildman–Crippen LogP) is 6.46. The molecule has 0 aliphatic heterocycles. The molecule has 0 aliphatic rings. The molecule has 0 saturated heterocycles. The van der Waals surface area contributed by atoms with Crippen molar-refractivity contribution in [2.75, 3.05) is 0 Å². The van der Waals surface area contributed by atoms with Crippen molar-refractivity contribution in [1.29, 1.82) is 0 Å². The molecule has 186 valence electrons. The molecule has 4 rings (SSSR count). The summed E-state index contributed by atoms with van der Waals surface area (Å²) >= 11 is 0. The van der Waals surface area contributed by atoms with Gasteiger partial charge in [0.15, 0.2) is 0 Å². The number of hydrogen-bond acceptors (Lipinski definition) is 2. The highest BCUT2D eigenvalue weighted by Crippen LogP contribution is 2.31. The van der Waals surface area contributed by atoms with E-state index in [4.69, 9.17) is 5.11 Å². The summed E-state index contributed by atoms with van der Waals surface area (Å²) in [5.74, 6) is -1.31. The fraction of sp³-hybridized carbons (Fsp3) is 0.214. The van der Waals surface area contributed by atoms with Crippen molar-refractivity contribution < 1.29 is 27.9 Å². The smallest absolute Gasteiger partial charge is 0.416 e. The van der Waals surface area contributed by atoms with Gasteiger partial charge in [-0.25, -0.2) is 4.79 Å². The highest BCUT2D eigenvalue weighted by atomic mass is 19.4. The average molecular weight is 495 g/mol.